The van der Waals surface area contributed by atoms with Gasteiger partial charge in [-0.3, -0.25) is 4.31 Å². The molecule has 0 bridgehead atoms. The number of aromatic nitrogens is 1. The summed E-state index contributed by atoms with van der Waals surface area (Å²) in [6, 6.07) is 9.61. The second kappa shape index (κ2) is 10.8. The zero-order valence-corrected chi connectivity index (χ0v) is 22.3. The molecule has 1 heterocycles. The number of ether oxygens (including phenoxy) is 1. The van der Waals surface area contributed by atoms with Gasteiger partial charge >= 0.3 is 5.97 Å². The summed E-state index contributed by atoms with van der Waals surface area (Å²) in [4.78, 5) is 15.1. The summed E-state index contributed by atoms with van der Waals surface area (Å²) in [5.41, 5.74) is 6.27. The van der Waals surface area contributed by atoms with Gasteiger partial charge in [0.05, 0.1) is 5.69 Å². The van der Waals surface area contributed by atoms with Gasteiger partial charge < -0.3 is 9.84 Å². The predicted octanol–water partition coefficient (Wildman–Crippen LogP) is 5.53. The molecule has 0 atom stereocenters. The van der Waals surface area contributed by atoms with E-state index in [0.29, 0.717) is 30.1 Å². The summed E-state index contributed by atoms with van der Waals surface area (Å²) in [5.74, 6) is -0.459. The molecule has 9 heteroatoms. The van der Waals surface area contributed by atoms with Gasteiger partial charge in [-0.1, -0.05) is 25.1 Å². The van der Waals surface area contributed by atoms with Crippen molar-refractivity contribution in [3.8, 4) is 5.75 Å². The number of carboxylic acids is 1. The predicted molar refractivity (Wildman–Crippen MR) is 142 cm³/mol. The average Bonchev–Trinajstić information content (AvgIpc) is 3.48. The minimum atomic E-state index is -3.84. The lowest BCUT2D eigenvalue weighted by atomic mass is 10.1. The minimum absolute atomic E-state index is 0.0840. The highest BCUT2D eigenvalue weighted by molar-refractivity contribution is 7.94. The van der Waals surface area contributed by atoms with E-state index in [9.17, 15) is 13.2 Å². The Labute approximate surface area is 216 Å². The molecular formula is C27H30N2O5S2. The van der Waals surface area contributed by atoms with Crippen LogP contribution in [0.1, 0.15) is 53.3 Å². The van der Waals surface area contributed by atoms with Crippen molar-refractivity contribution >= 4 is 39.1 Å². The first-order chi connectivity index (χ1) is 17.2. The third-order valence-electron chi connectivity index (χ3n) is 6.15. The maximum absolute atomic E-state index is 13.6. The molecule has 190 valence electrons. The van der Waals surface area contributed by atoms with Gasteiger partial charge in [-0.25, -0.2) is 9.78 Å². The van der Waals surface area contributed by atoms with Crippen molar-refractivity contribution in [3.05, 3.63) is 75.3 Å². The van der Waals surface area contributed by atoms with Gasteiger partial charge in [-0.2, -0.15) is 8.42 Å². The van der Waals surface area contributed by atoms with Gasteiger partial charge in [0, 0.05) is 23.7 Å². The zero-order chi connectivity index (χ0) is 25.9. The van der Waals surface area contributed by atoms with Gasteiger partial charge in [0.25, 0.3) is 10.0 Å². The fraction of sp³-hybridized carbons (Fsp3) is 0.333. The Kier molecular flexibility index (Phi) is 7.80. The summed E-state index contributed by atoms with van der Waals surface area (Å²) in [6.07, 6.45) is 6.20. The third kappa shape index (κ3) is 5.63. The van der Waals surface area contributed by atoms with Crippen LogP contribution in [0.5, 0.6) is 5.75 Å². The van der Waals surface area contributed by atoms with Crippen molar-refractivity contribution in [2.75, 3.05) is 10.8 Å². The standard InChI is InChI=1S/C27H30N2O5S2/c1-4-12-29(36(32,33)27-28-19(3)17-35-27)24-14-21-6-5-7-22(21)15-25(24)34-16-23-10-8-20(13-18(23)2)9-11-26(30)31/h8-11,13-15,17H,4-7,12,16H2,1-3H3,(H,30,31)/b11-9+. The molecule has 1 aromatic heterocycles. The first kappa shape index (κ1) is 25.9. The number of hydrogen-bond acceptors (Lipinski definition) is 6. The number of fused-ring (bicyclic) bond motifs is 1. The smallest absolute Gasteiger partial charge is 0.328 e. The van der Waals surface area contributed by atoms with E-state index in [0.717, 1.165) is 58.9 Å². The van der Waals surface area contributed by atoms with E-state index in [1.54, 1.807) is 18.4 Å². The van der Waals surface area contributed by atoms with E-state index in [4.69, 9.17) is 9.84 Å². The van der Waals surface area contributed by atoms with Crippen molar-refractivity contribution in [2.24, 2.45) is 0 Å². The lowest BCUT2D eigenvalue weighted by Gasteiger charge is -2.26. The number of aryl methyl sites for hydroxylation is 4. The van der Waals surface area contributed by atoms with Crippen LogP contribution < -0.4 is 9.04 Å². The van der Waals surface area contributed by atoms with Crippen molar-refractivity contribution < 1.29 is 23.1 Å². The molecule has 1 N–H and O–H groups in total. The van der Waals surface area contributed by atoms with Crippen LogP contribution in [0.25, 0.3) is 6.08 Å². The minimum Gasteiger partial charge on any atom is -0.487 e. The number of benzene rings is 2. The number of carbonyl (C=O) groups is 1. The van der Waals surface area contributed by atoms with Gasteiger partial charge in [-0.15, -0.1) is 11.3 Å². The van der Waals surface area contributed by atoms with Gasteiger partial charge in [0.1, 0.15) is 12.4 Å². The van der Waals surface area contributed by atoms with Crippen LogP contribution in [-0.4, -0.2) is 31.0 Å². The fourth-order valence-corrected chi connectivity index (χ4v) is 7.02. The number of hydrogen-bond donors (Lipinski definition) is 1. The molecule has 1 aliphatic carbocycles. The molecule has 2 aromatic carbocycles. The van der Waals surface area contributed by atoms with Crippen molar-refractivity contribution in [3.63, 3.8) is 0 Å². The molecule has 3 aromatic rings. The van der Waals surface area contributed by atoms with Crippen molar-refractivity contribution in [1.29, 1.82) is 0 Å². The lowest BCUT2D eigenvalue weighted by Crippen LogP contribution is -2.32. The Morgan fingerprint density at radius 2 is 1.94 bits per heavy atom. The molecule has 1 aliphatic rings. The Morgan fingerprint density at radius 3 is 2.58 bits per heavy atom. The van der Waals surface area contributed by atoms with E-state index < -0.39 is 16.0 Å². The SMILES string of the molecule is CCCN(c1cc2c(cc1OCc1ccc(/C=C/C(=O)O)cc1C)CCC2)S(=O)(=O)c1nc(C)cs1. The van der Waals surface area contributed by atoms with Gasteiger partial charge in [-0.05, 0) is 85.6 Å². The second-order valence-corrected chi connectivity index (χ2v) is 11.8. The van der Waals surface area contributed by atoms with Crippen molar-refractivity contribution in [1.82, 2.24) is 4.98 Å². The van der Waals surface area contributed by atoms with Crippen molar-refractivity contribution in [2.45, 2.75) is 57.4 Å². The van der Waals surface area contributed by atoms with E-state index in [-0.39, 0.29) is 10.9 Å². The number of nitrogens with zero attached hydrogens (tertiary/aromatic N) is 2. The molecular weight excluding hydrogens is 496 g/mol. The molecule has 0 saturated carbocycles. The van der Waals surface area contributed by atoms with Crippen LogP contribution in [0, 0.1) is 13.8 Å². The molecule has 4 rings (SSSR count). The van der Waals surface area contributed by atoms with E-state index in [1.807, 2.05) is 44.2 Å². The Morgan fingerprint density at radius 1 is 1.19 bits per heavy atom. The molecule has 0 saturated heterocycles. The number of carboxylic acid groups (broad SMARTS) is 1. The molecule has 0 amide bonds. The maximum Gasteiger partial charge on any atom is 0.328 e. The highest BCUT2D eigenvalue weighted by Gasteiger charge is 2.31. The third-order valence-corrected chi connectivity index (χ3v) is 9.31. The highest BCUT2D eigenvalue weighted by atomic mass is 32.2. The monoisotopic (exact) mass is 526 g/mol. The molecule has 0 aliphatic heterocycles. The fourth-order valence-electron chi connectivity index (χ4n) is 4.33. The lowest BCUT2D eigenvalue weighted by molar-refractivity contribution is -0.131. The molecule has 36 heavy (non-hydrogen) atoms. The first-order valence-electron chi connectivity index (χ1n) is 11.9. The van der Waals surface area contributed by atoms with Gasteiger partial charge in [0.15, 0.2) is 0 Å². The average molecular weight is 527 g/mol. The van der Waals surface area contributed by atoms with Crippen LogP contribution >= 0.6 is 11.3 Å². The van der Waals surface area contributed by atoms with E-state index in [1.165, 1.54) is 9.87 Å². The molecule has 0 spiro atoms. The van der Waals surface area contributed by atoms with Crippen LogP contribution in [0.4, 0.5) is 5.69 Å². The van der Waals surface area contributed by atoms with E-state index in [2.05, 4.69) is 4.98 Å². The molecule has 7 nitrogen and oxygen atoms in total. The summed E-state index contributed by atoms with van der Waals surface area (Å²) in [5, 5.41) is 10.6. The zero-order valence-electron chi connectivity index (χ0n) is 20.7. The number of rotatable bonds is 10. The van der Waals surface area contributed by atoms with Gasteiger partial charge in [0.2, 0.25) is 4.34 Å². The Balaban J connectivity index is 1.68. The number of sulfonamides is 1. The Bertz CT molecular complexity index is 1410. The summed E-state index contributed by atoms with van der Waals surface area (Å²) in [7, 11) is -3.84. The van der Waals surface area contributed by atoms with E-state index >= 15 is 0 Å². The second-order valence-electron chi connectivity index (χ2n) is 8.92. The van der Waals surface area contributed by atoms with Crippen LogP contribution in [0.2, 0.25) is 0 Å². The molecule has 0 unspecified atom stereocenters. The van der Waals surface area contributed by atoms with Crippen LogP contribution in [-0.2, 0) is 34.3 Å². The highest BCUT2D eigenvalue weighted by Crippen LogP contribution is 2.39. The summed E-state index contributed by atoms with van der Waals surface area (Å²) in [6.45, 7) is 6.26. The number of thiazole rings is 1. The normalized spacial score (nSPS) is 13.2. The molecule has 0 radical (unpaired) electrons. The van der Waals surface area contributed by atoms with Crippen LogP contribution in [0.15, 0.2) is 46.1 Å². The topological polar surface area (TPSA) is 96.8 Å². The molecule has 0 fully saturated rings. The quantitative estimate of drug-likeness (QED) is 0.349. The summed E-state index contributed by atoms with van der Waals surface area (Å²) >= 11 is 1.13. The Hall–Kier alpha value is -3.17. The van der Waals surface area contributed by atoms with Crippen LogP contribution in [0.3, 0.4) is 0 Å². The summed E-state index contributed by atoms with van der Waals surface area (Å²) < 4.78 is 35.1. The number of aliphatic carboxylic acids is 1. The largest absolute Gasteiger partial charge is 0.487 e. The number of anilines is 1. The first-order valence-corrected chi connectivity index (χ1v) is 14.2. The maximum atomic E-state index is 13.6.